The van der Waals surface area contributed by atoms with E-state index >= 15 is 0 Å². The van der Waals surface area contributed by atoms with Crippen LogP contribution in [0.15, 0.2) is 55.0 Å². The van der Waals surface area contributed by atoms with Gasteiger partial charge in [0.2, 0.25) is 0 Å². The molecule has 0 aliphatic heterocycles. The lowest BCUT2D eigenvalue weighted by Gasteiger charge is -2.04. The fourth-order valence-electron chi connectivity index (χ4n) is 2.30. The molecule has 1 aromatic carbocycles. The fourth-order valence-corrected chi connectivity index (χ4v) is 2.30. The van der Waals surface area contributed by atoms with Crippen molar-refractivity contribution in [1.29, 1.82) is 0 Å². The number of nitrogens with one attached hydrogen (secondary N) is 2. The highest BCUT2D eigenvalue weighted by molar-refractivity contribution is 5.85. The topological polar surface area (TPSA) is 40.7 Å². The van der Waals surface area contributed by atoms with E-state index in [-0.39, 0.29) is 12.4 Å². The third-order valence-electron chi connectivity index (χ3n) is 3.30. The average Bonchev–Trinajstić information content (AvgIpc) is 2.88. The number of hydrogen-bond donors (Lipinski definition) is 2. The molecule has 3 nitrogen and oxygen atoms in total. The van der Waals surface area contributed by atoms with Crippen molar-refractivity contribution in [2.45, 2.75) is 13.0 Å². The summed E-state index contributed by atoms with van der Waals surface area (Å²) in [6, 6.07) is 12.5. The number of nitrogens with zero attached hydrogens (tertiary/aromatic N) is 1. The van der Waals surface area contributed by atoms with E-state index in [0.29, 0.717) is 0 Å². The number of fused-ring (bicyclic) bond motifs is 1. The zero-order chi connectivity index (χ0) is 12.9. The van der Waals surface area contributed by atoms with Gasteiger partial charge in [-0.1, -0.05) is 24.3 Å². The highest BCUT2D eigenvalue weighted by Gasteiger charge is 2.01. The zero-order valence-electron chi connectivity index (χ0n) is 11.2. The summed E-state index contributed by atoms with van der Waals surface area (Å²) in [6.45, 7) is 1.84. The first-order valence-electron chi connectivity index (χ1n) is 6.58. The van der Waals surface area contributed by atoms with Gasteiger partial charge in [-0.2, -0.15) is 0 Å². The molecule has 0 amide bonds. The number of halogens is 1. The molecule has 2 heterocycles. The van der Waals surface area contributed by atoms with E-state index < -0.39 is 0 Å². The lowest BCUT2D eigenvalue weighted by atomic mass is 10.1. The van der Waals surface area contributed by atoms with Crippen LogP contribution in [0.3, 0.4) is 0 Å². The molecular weight excluding hydrogens is 270 g/mol. The van der Waals surface area contributed by atoms with E-state index in [2.05, 4.69) is 51.8 Å². The van der Waals surface area contributed by atoms with Gasteiger partial charge in [0.05, 0.1) is 0 Å². The SMILES string of the molecule is Cl.c1cncc(CNCCc2c[nH]c3ccccc23)c1. The van der Waals surface area contributed by atoms with Crippen LogP contribution in [0.5, 0.6) is 0 Å². The van der Waals surface area contributed by atoms with Crippen molar-refractivity contribution in [3.05, 3.63) is 66.1 Å². The summed E-state index contributed by atoms with van der Waals surface area (Å²) in [6.07, 6.45) is 6.84. The van der Waals surface area contributed by atoms with Crippen LogP contribution in [0.25, 0.3) is 10.9 Å². The Balaban J connectivity index is 0.00000147. The van der Waals surface area contributed by atoms with E-state index in [0.717, 1.165) is 19.5 Å². The minimum atomic E-state index is 0. The summed E-state index contributed by atoms with van der Waals surface area (Å²) < 4.78 is 0. The molecule has 0 radical (unpaired) electrons. The number of pyridine rings is 1. The Bertz CT molecular complexity index is 649. The zero-order valence-corrected chi connectivity index (χ0v) is 12.0. The molecule has 4 heteroatoms. The van der Waals surface area contributed by atoms with Crippen molar-refractivity contribution in [2.24, 2.45) is 0 Å². The van der Waals surface area contributed by atoms with Crippen LogP contribution >= 0.6 is 12.4 Å². The highest BCUT2D eigenvalue weighted by atomic mass is 35.5. The number of hydrogen-bond acceptors (Lipinski definition) is 2. The van der Waals surface area contributed by atoms with Crippen LogP contribution in [0.4, 0.5) is 0 Å². The minimum Gasteiger partial charge on any atom is -0.361 e. The van der Waals surface area contributed by atoms with E-state index in [9.17, 15) is 0 Å². The first kappa shape index (κ1) is 14.6. The van der Waals surface area contributed by atoms with Crippen LogP contribution in [0, 0.1) is 0 Å². The van der Waals surface area contributed by atoms with Gasteiger partial charge in [0.15, 0.2) is 0 Å². The van der Waals surface area contributed by atoms with Gasteiger partial charge in [0.25, 0.3) is 0 Å². The Kier molecular flexibility index (Phi) is 5.16. The summed E-state index contributed by atoms with van der Waals surface area (Å²) in [5.74, 6) is 0. The first-order valence-corrected chi connectivity index (χ1v) is 6.58. The van der Waals surface area contributed by atoms with E-state index in [4.69, 9.17) is 0 Å². The van der Waals surface area contributed by atoms with Crippen molar-refractivity contribution in [3.63, 3.8) is 0 Å². The molecule has 0 bridgehead atoms. The molecule has 0 spiro atoms. The molecule has 2 aromatic heterocycles. The van der Waals surface area contributed by atoms with Crippen LogP contribution in [0.1, 0.15) is 11.1 Å². The van der Waals surface area contributed by atoms with Crippen LogP contribution in [0.2, 0.25) is 0 Å². The molecule has 0 fully saturated rings. The van der Waals surface area contributed by atoms with Crippen LogP contribution in [-0.2, 0) is 13.0 Å². The number of aromatic nitrogens is 2. The summed E-state index contributed by atoms with van der Waals surface area (Å²) in [5, 5.41) is 4.78. The van der Waals surface area contributed by atoms with Gasteiger partial charge < -0.3 is 10.3 Å². The normalized spacial score (nSPS) is 10.4. The largest absolute Gasteiger partial charge is 0.361 e. The Morgan fingerprint density at radius 2 is 2.00 bits per heavy atom. The molecule has 3 rings (SSSR count). The van der Waals surface area contributed by atoms with Gasteiger partial charge in [-0.15, -0.1) is 12.4 Å². The van der Waals surface area contributed by atoms with Crippen LogP contribution in [-0.4, -0.2) is 16.5 Å². The Hall–Kier alpha value is -1.84. The molecule has 0 atom stereocenters. The minimum absolute atomic E-state index is 0. The standard InChI is InChI=1S/C16H17N3.ClH/c1-2-6-16-15(5-1)14(12-19-16)7-9-18-11-13-4-3-8-17-10-13;/h1-6,8,10,12,18-19H,7,9,11H2;1H. The maximum absolute atomic E-state index is 4.11. The van der Waals surface area contributed by atoms with E-state index in [1.54, 1.807) is 6.20 Å². The van der Waals surface area contributed by atoms with E-state index in [1.807, 2.05) is 12.3 Å². The lowest BCUT2D eigenvalue weighted by Crippen LogP contribution is -2.16. The number of para-hydroxylation sites is 1. The average molecular weight is 288 g/mol. The molecule has 0 aliphatic rings. The maximum Gasteiger partial charge on any atom is 0.0456 e. The first-order chi connectivity index (χ1) is 9.43. The van der Waals surface area contributed by atoms with Crippen molar-refractivity contribution in [2.75, 3.05) is 6.54 Å². The van der Waals surface area contributed by atoms with Gasteiger partial charge in [0, 0.05) is 36.0 Å². The number of rotatable bonds is 5. The van der Waals surface area contributed by atoms with Crippen molar-refractivity contribution >= 4 is 23.3 Å². The third-order valence-corrected chi connectivity index (χ3v) is 3.30. The van der Waals surface area contributed by atoms with Gasteiger partial charge in [-0.3, -0.25) is 4.98 Å². The molecular formula is C16H18ClN3. The lowest BCUT2D eigenvalue weighted by molar-refractivity contribution is 0.687. The highest BCUT2D eigenvalue weighted by Crippen LogP contribution is 2.17. The molecule has 104 valence electrons. The second kappa shape index (κ2) is 7.08. The third kappa shape index (κ3) is 3.38. The quantitative estimate of drug-likeness (QED) is 0.707. The summed E-state index contributed by atoms with van der Waals surface area (Å²) in [7, 11) is 0. The Morgan fingerprint density at radius 1 is 1.10 bits per heavy atom. The smallest absolute Gasteiger partial charge is 0.0456 e. The van der Waals surface area contributed by atoms with Gasteiger partial charge in [-0.25, -0.2) is 0 Å². The predicted octanol–water partition coefficient (Wildman–Crippen LogP) is 3.32. The van der Waals surface area contributed by atoms with E-state index in [1.165, 1.54) is 22.0 Å². The second-order valence-electron chi connectivity index (χ2n) is 4.65. The summed E-state index contributed by atoms with van der Waals surface area (Å²) in [5.41, 5.74) is 3.81. The van der Waals surface area contributed by atoms with Crippen molar-refractivity contribution in [1.82, 2.24) is 15.3 Å². The molecule has 2 N–H and O–H groups in total. The molecule has 0 saturated carbocycles. The summed E-state index contributed by atoms with van der Waals surface area (Å²) >= 11 is 0. The molecule has 0 saturated heterocycles. The monoisotopic (exact) mass is 287 g/mol. The maximum atomic E-state index is 4.11. The molecule has 0 unspecified atom stereocenters. The van der Waals surface area contributed by atoms with Gasteiger partial charge in [-0.05, 0) is 36.2 Å². The Morgan fingerprint density at radius 3 is 2.85 bits per heavy atom. The van der Waals surface area contributed by atoms with Crippen molar-refractivity contribution in [3.8, 4) is 0 Å². The fraction of sp³-hybridized carbons (Fsp3) is 0.188. The summed E-state index contributed by atoms with van der Waals surface area (Å²) in [4.78, 5) is 7.42. The number of benzene rings is 1. The van der Waals surface area contributed by atoms with Gasteiger partial charge >= 0.3 is 0 Å². The van der Waals surface area contributed by atoms with Gasteiger partial charge in [0.1, 0.15) is 0 Å². The second-order valence-corrected chi connectivity index (χ2v) is 4.65. The number of aromatic amines is 1. The Labute approximate surface area is 124 Å². The molecule has 3 aromatic rings. The van der Waals surface area contributed by atoms with Crippen LogP contribution < -0.4 is 5.32 Å². The molecule has 0 aliphatic carbocycles. The van der Waals surface area contributed by atoms with Crippen molar-refractivity contribution < 1.29 is 0 Å². The number of H-pyrrole nitrogens is 1. The predicted molar refractivity (Wildman–Crippen MR) is 85.2 cm³/mol. The molecule has 20 heavy (non-hydrogen) atoms.